The van der Waals surface area contributed by atoms with Crippen molar-refractivity contribution in [2.24, 2.45) is 5.73 Å². The number of anilines is 1. The topological polar surface area (TPSA) is 102 Å². The van der Waals surface area contributed by atoms with Gasteiger partial charge in [-0.1, -0.05) is 19.1 Å². The van der Waals surface area contributed by atoms with Gasteiger partial charge in [0.05, 0.1) is 18.9 Å². The van der Waals surface area contributed by atoms with Crippen molar-refractivity contribution in [3.05, 3.63) is 29.8 Å². The van der Waals surface area contributed by atoms with Crippen molar-refractivity contribution in [3.63, 3.8) is 0 Å². The van der Waals surface area contributed by atoms with Crippen LogP contribution < -0.4 is 11.1 Å². The van der Waals surface area contributed by atoms with Crippen LogP contribution in [0.15, 0.2) is 24.3 Å². The lowest BCUT2D eigenvalue weighted by molar-refractivity contribution is -0.137. The van der Waals surface area contributed by atoms with Gasteiger partial charge in [0.1, 0.15) is 0 Å². The van der Waals surface area contributed by atoms with E-state index in [1.54, 1.807) is 12.1 Å². The smallest absolute Gasteiger partial charge is 0.303 e. The molecule has 1 rings (SSSR count). The molecular formula is C15H22N2O4. The number of nitrogens with one attached hydrogen (secondary N) is 1. The van der Waals surface area contributed by atoms with Gasteiger partial charge in [-0.2, -0.15) is 0 Å². The molecule has 0 aliphatic heterocycles. The van der Waals surface area contributed by atoms with Crippen molar-refractivity contribution in [1.29, 1.82) is 0 Å². The predicted molar refractivity (Wildman–Crippen MR) is 80.2 cm³/mol. The van der Waals surface area contributed by atoms with E-state index in [4.69, 9.17) is 15.6 Å². The third-order valence-electron chi connectivity index (χ3n) is 3.25. The van der Waals surface area contributed by atoms with Crippen LogP contribution in [-0.2, 0) is 14.3 Å². The Morgan fingerprint density at radius 2 is 1.90 bits per heavy atom. The zero-order chi connectivity index (χ0) is 15.8. The number of methoxy groups -OCH3 is 1. The van der Waals surface area contributed by atoms with Crippen LogP contribution in [0.25, 0.3) is 0 Å². The number of nitrogens with two attached hydrogens (primary N) is 1. The van der Waals surface area contributed by atoms with E-state index in [1.807, 2.05) is 19.1 Å². The Bertz CT molecular complexity index is 469. The molecule has 0 aliphatic rings. The lowest BCUT2D eigenvalue weighted by Gasteiger charge is -2.13. The van der Waals surface area contributed by atoms with Crippen LogP contribution in [0.5, 0.6) is 0 Å². The molecule has 6 nitrogen and oxygen atoms in total. The molecule has 0 aliphatic carbocycles. The summed E-state index contributed by atoms with van der Waals surface area (Å²) in [6, 6.07) is 7.16. The molecule has 116 valence electrons. The standard InChI is InChI=1S/C15H22N2O4/c1-10(7-15(19)20)11-3-5-12(6-4-11)17-14(18)8-13(9-16)21-2/h3-6,10,13H,7-9,16H2,1-2H3,(H,17,18)(H,19,20). The molecule has 0 saturated carbocycles. The lowest BCUT2D eigenvalue weighted by Crippen LogP contribution is -2.28. The molecule has 0 fully saturated rings. The van der Waals surface area contributed by atoms with Crippen LogP contribution >= 0.6 is 0 Å². The quantitative estimate of drug-likeness (QED) is 0.675. The molecule has 6 heteroatoms. The summed E-state index contributed by atoms with van der Waals surface area (Å²) in [4.78, 5) is 22.5. The Morgan fingerprint density at radius 3 is 2.38 bits per heavy atom. The molecule has 0 aromatic heterocycles. The third-order valence-corrected chi connectivity index (χ3v) is 3.25. The first kappa shape index (κ1) is 17.1. The highest BCUT2D eigenvalue weighted by Gasteiger charge is 2.13. The molecule has 0 saturated heterocycles. The fourth-order valence-corrected chi connectivity index (χ4v) is 1.96. The van der Waals surface area contributed by atoms with Crippen molar-refractivity contribution in [3.8, 4) is 0 Å². The molecule has 2 atom stereocenters. The SMILES string of the molecule is COC(CN)CC(=O)Nc1ccc(C(C)CC(=O)O)cc1. The molecule has 0 bridgehead atoms. The molecule has 1 aromatic carbocycles. The van der Waals surface area contributed by atoms with Crippen molar-refractivity contribution in [1.82, 2.24) is 0 Å². The molecule has 4 N–H and O–H groups in total. The molecule has 1 amide bonds. The number of aliphatic carboxylic acids is 1. The van der Waals surface area contributed by atoms with E-state index in [2.05, 4.69) is 5.32 Å². The number of ether oxygens (including phenoxy) is 1. The van der Waals surface area contributed by atoms with Crippen molar-refractivity contribution in [2.75, 3.05) is 19.0 Å². The van der Waals surface area contributed by atoms with Gasteiger partial charge >= 0.3 is 5.97 Å². The zero-order valence-electron chi connectivity index (χ0n) is 12.3. The summed E-state index contributed by atoms with van der Waals surface area (Å²) < 4.78 is 5.05. The van der Waals surface area contributed by atoms with E-state index in [9.17, 15) is 9.59 Å². The summed E-state index contributed by atoms with van der Waals surface area (Å²) in [5.74, 6) is -1.06. The number of amides is 1. The summed E-state index contributed by atoms with van der Waals surface area (Å²) in [6.07, 6.45) is -0.0121. The maximum absolute atomic E-state index is 11.8. The van der Waals surface area contributed by atoms with Crippen LogP contribution in [0.2, 0.25) is 0 Å². The average Bonchev–Trinajstić information content (AvgIpc) is 2.44. The van der Waals surface area contributed by atoms with Gasteiger partial charge in [0.15, 0.2) is 0 Å². The van der Waals surface area contributed by atoms with Crippen molar-refractivity contribution in [2.45, 2.75) is 31.8 Å². The minimum absolute atomic E-state index is 0.0673. The van der Waals surface area contributed by atoms with Gasteiger partial charge in [0.2, 0.25) is 5.91 Å². The minimum Gasteiger partial charge on any atom is -0.481 e. The molecular weight excluding hydrogens is 272 g/mol. The fraction of sp³-hybridized carbons (Fsp3) is 0.467. The van der Waals surface area contributed by atoms with Crippen LogP contribution in [0.1, 0.15) is 31.2 Å². The Morgan fingerprint density at radius 1 is 1.29 bits per heavy atom. The maximum atomic E-state index is 11.8. The number of rotatable bonds is 8. The van der Waals surface area contributed by atoms with Crippen LogP contribution in [0.3, 0.4) is 0 Å². The first-order valence-electron chi connectivity index (χ1n) is 6.80. The Hall–Kier alpha value is -1.92. The molecule has 0 heterocycles. The molecule has 21 heavy (non-hydrogen) atoms. The molecule has 0 radical (unpaired) electrons. The van der Waals surface area contributed by atoms with Gasteiger partial charge in [0.25, 0.3) is 0 Å². The van der Waals surface area contributed by atoms with Crippen LogP contribution in [-0.4, -0.2) is 36.7 Å². The maximum Gasteiger partial charge on any atom is 0.303 e. The van der Waals surface area contributed by atoms with E-state index in [-0.39, 0.29) is 37.3 Å². The summed E-state index contributed by atoms with van der Waals surface area (Å²) >= 11 is 0. The number of hydrogen-bond acceptors (Lipinski definition) is 4. The van der Waals surface area contributed by atoms with E-state index >= 15 is 0 Å². The highest BCUT2D eigenvalue weighted by Crippen LogP contribution is 2.21. The van der Waals surface area contributed by atoms with Gasteiger partial charge in [-0.25, -0.2) is 0 Å². The van der Waals surface area contributed by atoms with Crippen molar-refractivity contribution < 1.29 is 19.4 Å². The number of carboxylic acid groups (broad SMARTS) is 1. The van der Waals surface area contributed by atoms with Crippen molar-refractivity contribution >= 4 is 17.6 Å². The Kier molecular flexibility index (Phi) is 6.84. The predicted octanol–water partition coefficient (Wildman–Crippen LogP) is 1.57. The number of carbonyl (C=O) groups excluding carboxylic acids is 1. The zero-order valence-corrected chi connectivity index (χ0v) is 12.3. The van der Waals surface area contributed by atoms with Crippen LogP contribution in [0.4, 0.5) is 5.69 Å². The molecule has 2 unspecified atom stereocenters. The van der Waals surface area contributed by atoms with Gasteiger partial charge in [-0.15, -0.1) is 0 Å². The normalized spacial score (nSPS) is 13.5. The second-order valence-corrected chi connectivity index (χ2v) is 4.97. The molecule has 1 aromatic rings. The summed E-state index contributed by atoms with van der Waals surface area (Å²) in [7, 11) is 1.52. The Balaban J connectivity index is 2.58. The number of hydrogen-bond donors (Lipinski definition) is 3. The highest BCUT2D eigenvalue weighted by atomic mass is 16.5. The van der Waals surface area contributed by atoms with E-state index in [1.165, 1.54) is 7.11 Å². The van der Waals surface area contributed by atoms with Gasteiger partial charge in [0, 0.05) is 19.3 Å². The first-order chi connectivity index (χ1) is 9.96. The van der Waals surface area contributed by atoms with Gasteiger partial charge in [-0.3, -0.25) is 9.59 Å². The largest absolute Gasteiger partial charge is 0.481 e. The number of carboxylic acids is 1. The Labute approximate surface area is 124 Å². The van der Waals surface area contributed by atoms with Gasteiger partial charge in [-0.05, 0) is 23.6 Å². The fourth-order valence-electron chi connectivity index (χ4n) is 1.96. The van der Waals surface area contributed by atoms with Crippen LogP contribution in [0, 0.1) is 0 Å². The van der Waals surface area contributed by atoms with Gasteiger partial charge < -0.3 is 20.9 Å². The monoisotopic (exact) mass is 294 g/mol. The third kappa shape index (κ3) is 5.93. The van der Waals surface area contributed by atoms with E-state index < -0.39 is 5.97 Å². The number of carbonyl (C=O) groups is 2. The minimum atomic E-state index is -0.827. The first-order valence-corrected chi connectivity index (χ1v) is 6.80. The summed E-state index contributed by atoms with van der Waals surface area (Å²) in [5.41, 5.74) is 7.05. The summed E-state index contributed by atoms with van der Waals surface area (Å²) in [5, 5.41) is 11.5. The van der Waals surface area contributed by atoms with E-state index in [0.717, 1.165) is 5.56 Å². The molecule has 0 spiro atoms. The number of benzene rings is 1. The second kappa shape index (κ2) is 8.39. The average molecular weight is 294 g/mol. The highest BCUT2D eigenvalue weighted by molar-refractivity contribution is 5.91. The lowest BCUT2D eigenvalue weighted by atomic mass is 9.98. The second-order valence-electron chi connectivity index (χ2n) is 4.97. The van der Waals surface area contributed by atoms with E-state index in [0.29, 0.717) is 5.69 Å². The summed E-state index contributed by atoms with van der Waals surface area (Å²) in [6.45, 7) is 2.14.